The number of aromatic nitrogens is 3. The van der Waals surface area contributed by atoms with Gasteiger partial charge in [0.15, 0.2) is 0 Å². The van der Waals surface area contributed by atoms with E-state index in [0.29, 0.717) is 0 Å². The molecular formula is C14H17BrN4O. The van der Waals surface area contributed by atoms with Gasteiger partial charge in [0.25, 0.3) is 0 Å². The fourth-order valence-electron chi connectivity index (χ4n) is 2.02. The summed E-state index contributed by atoms with van der Waals surface area (Å²) < 4.78 is 7.97. The van der Waals surface area contributed by atoms with E-state index in [1.165, 1.54) is 12.8 Å². The van der Waals surface area contributed by atoms with Gasteiger partial charge in [-0.15, -0.1) is 5.10 Å². The highest BCUT2D eigenvalue weighted by Gasteiger charge is 2.20. The molecule has 20 heavy (non-hydrogen) atoms. The van der Waals surface area contributed by atoms with Crippen molar-refractivity contribution in [3.63, 3.8) is 0 Å². The Morgan fingerprint density at radius 2 is 2.30 bits per heavy atom. The maximum atomic E-state index is 5.24. The van der Waals surface area contributed by atoms with E-state index in [1.54, 1.807) is 11.8 Å². The maximum Gasteiger partial charge on any atom is 0.121 e. The topological polar surface area (TPSA) is 52.0 Å². The van der Waals surface area contributed by atoms with E-state index in [0.717, 1.165) is 40.6 Å². The second-order valence-corrected chi connectivity index (χ2v) is 5.90. The van der Waals surface area contributed by atoms with E-state index in [1.807, 2.05) is 24.4 Å². The molecule has 1 heterocycles. The number of nitrogens with zero attached hydrogens (tertiary/aromatic N) is 3. The first-order valence-corrected chi connectivity index (χ1v) is 7.51. The van der Waals surface area contributed by atoms with Gasteiger partial charge in [0.1, 0.15) is 5.75 Å². The normalized spacial score (nSPS) is 14.5. The Balaban J connectivity index is 1.71. The smallest absolute Gasteiger partial charge is 0.121 e. The third-order valence-corrected chi connectivity index (χ3v) is 4.05. The van der Waals surface area contributed by atoms with Crippen molar-refractivity contribution in [3.8, 4) is 11.4 Å². The number of methoxy groups -OCH3 is 1. The first-order chi connectivity index (χ1) is 9.76. The summed E-state index contributed by atoms with van der Waals surface area (Å²) in [5.41, 5.74) is 1.87. The van der Waals surface area contributed by atoms with Gasteiger partial charge in [-0.3, -0.25) is 0 Å². The molecule has 5 nitrogen and oxygen atoms in total. The van der Waals surface area contributed by atoms with Crippen molar-refractivity contribution in [3.05, 3.63) is 34.6 Å². The van der Waals surface area contributed by atoms with Crippen LogP contribution >= 0.6 is 15.9 Å². The van der Waals surface area contributed by atoms with Gasteiger partial charge in [0, 0.05) is 17.1 Å². The monoisotopic (exact) mass is 336 g/mol. The number of ether oxygens (including phenoxy) is 1. The van der Waals surface area contributed by atoms with E-state index in [2.05, 4.69) is 31.6 Å². The van der Waals surface area contributed by atoms with Gasteiger partial charge in [-0.25, -0.2) is 4.68 Å². The van der Waals surface area contributed by atoms with Crippen molar-refractivity contribution in [1.29, 1.82) is 0 Å². The van der Waals surface area contributed by atoms with Gasteiger partial charge in [-0.1, -0.05) is 5.21 Å². The third-order valence-electron chi connectivity index (χ3n) is 3.38. The molecule has 0 saturated heterocycles. The van der Waals surface area contributed by atoms with Gasteiger partial charge >= 0.3 is 0 Å². The van der Waals surface area contributed by atoms with Gasteiger partial charge in [0.2, 0.25) is 0 Å². The fourth-order valence-corrected chi connectivity index (χ4v) is 2.45. The molecule has 1 saturated carbocycles. The van der Waals surface area contributed by atoms with Crippen LogP contribution in [-0.4, -0.2) is 28.6 Å². The lowest BCUT2D eigenvalue weighted by Gasteiger charge is -2.06. The van der Waals surface area contributed by atoms with E-state index >= 15 is 0 Å². The highest BCUT2D eigenvalue weighted by molar-refractivity contribution is 9.10. The molecule has 0 amide bonds. The van der Waals surface area contributed by atoms with Gasteiger partial charge < -0.3 is 10.1 Å². The van der Waals surface area contributed by atoms with Crippen LogP contribution in [0.1, 0.15) is 18.5 Å². The van der Waals surface area contributed by atoms with Gasteiger partial charge in [-0.2, -0.15) is 0 Å². The van der Waals surface area contributed by atoms with Crippen LogP contribution in [0.4, 0.5) is 0 Å². The largest absolute Gasteiger partial charge is 0.497 e. The molecule has 1 aliphatic carbocycles. The molecule has 0 radical (unpaired) electrons. The number of hydrogen-bond donors (Lipinski definition) is 1. The number of halogens is 1. The van der Waals surface area contributed by atoms with Crippen molar-refractivity contribution in [2.45, 2.75) is 19.4 Å². The summed E-state index contributed by atoms with van der Waals surface area (Å²) in [5.74, 6) is 1.67. The number of hydrogen-bond acceptors (Lipinski definition) is 4. The molecule has 0 spiro atoms. The molecule has 6 heteroatoms. The molecule has 1 aromatic heterocycles. The van der Waals surface area contributed by atoms with Crippen LogP contribution in [0.3, 0.4) is 0 Å². The average molecular weight is 337 g/mol. The highest BCUT2D eigenvalue weighted by Crippen LogP contribution is 2.27. The van der Waals surface area contributed by atoms with E-state index in [-0.39, 0.29) is 0 Å². The standard InChI is InChI=1S/C14H17BrN4O/c1-20-12-4-5-13(15)14(6-12)19-9-11(17-18-19)8-16-7-10-2-3-10/h4-6,9-10,16H,2-3,7-8H2,1H3. The van der Waals surface area contributed by atoms with Crippen molar-refractivity contribution >= 4 is 15.9 Å². The molecule has 0 aliphatic heterocycles. The summed E-state index contributed by atoms with van der Waals surface area (Å²) >= 11 is 3.53. The number of benzene rings is 1. The summed E-state index contributed by atoms with van der Waals surface area (Å²) in [6.07, 6.45) is 4.66. The summed E-state index contributed by atoms with van der Waals surface area (Å²) in [7, 11) is 1.65. The lowest BCUT2D eigenvalue weighted by atomic mass is 10.3. The van der Waals surface area contributed by atoms with Gasteiger partial charge in [0.05, 0.1) is 24.7 Å². The summed E-state index contributed by atoms with van der Waals surface area (Å²) in [6.45, 7) is 1.84. The minimum Gasteiger partial charge on any atom is -0.497 e. The Bertz CT molecular complexity index is 595. The van der Waals surface area contributed by atoms with E-state index in [9.17, 15) is 0 Å². The Morgan fingerprint density at radius 1 is 1.45 bits per heavy atom. The summed E-state index contributed by atoms with van der Waals surface area (Å²) in [6, 6.07) is 5.78. The quantitative estimate of drug-likeness (QED) is 0.880. The zero-order valence-corrected chi connectivity index (χ0v) is 12.9. The van der Waals surface area contributed by atoms with Crippen molar-refractivity contribution in [2.24, 2.45) is 5.92 Å². The summed E-state index contributed by atoms with van der Waals surface area (Å²) in [4.78, 5) is 0. The van der Waals surface area contributed by atoms with Crippen molar-refractivity contribution in [1.82, 2.24) is 20.3 Å². The molecule has 0 atom stereocenters. The molecule has 1 aliphatic rings. The van der Waals surface area contributed by atoms with E-state index in [4.69, 9.17) is 4.74 Å². The Morgan fingerprint density at radius 3 is 3.05 bits per heavy atom. The predicted octanol–water partition coefficient (Wildman–Crippen LogP) is 2.54. The predicted molar refractivity (Wildman–Crippen MR) is 80.0 cm³/mol. The first kappa shape index (κ1) is 13.6. The van der Waals surface area contributed by atoms with Crippen LogP contribution in [0.25, 0.3) is 5.69 Å². The molecule has 1 aromatic carbocycles. The molecule has 3 rings (SSSR count). The number of rotatable bonds is 6. The summed E-state index contributed by atoms with van der Waals surface area (Å²) in [5, 5.41) is 11.8. The first-order valence-electron chi connectivity index (χ1n) is 6.72. The minimum absolute atomic E-state index is 0.762. The van der Waals surface area contributed by atoms with Crippen LogP contribution in [0.2, 0.25) is 0 Å². The molecule has 106 valence electrons. The Labute approximate surface area is 126 Å². The molecule has 2 aromatic rings. The maximum absolute atomic E-state index is 5.24. The molecule has 0 unspecified atom stereocenters. The second kappa shape index (κ2) is 5.93. The minimum atomic E-state index is 0.762. The van der Waals surface area contributed by atoms with Crippen LogP contribution in [0.5, 0.6) is 5.75 Å². The van der Waals surface area contributed by atoms with Crippen LogP contribution in [-0.2, 0) is 6.54 Å². The molecular weight excluding hydrogens is 320 g/mol. The van der Waals surface area contributed by atoms with E-state index < -0.39 is 0 Å². The fraction of sp³-hybridized carbons (Fsp3) is 0.429. The highest BCUT2D eigenvalue weighted by atomic mass is 79.9. The number of nitrogens with one attached hydrogen (secondary N) is 1. The zero-order chi connectivity index (χ0) is 13.9. The lowest BCUT2D eigenvalue weighted by Crippen LogP contribution is -2.16. The SMILES string of the molecule is COc1ccc(Br)c(-n2cc(CNCC3CC3)nn2)c1. The van der Waals surface area contributed by atoms with Crippen molar-refractivity contribution < 1.29 is 4.74 Å². The second-order valence-electron chi connectivity index (χ2n) is 5.05. The van der Waals surface area contributed by atoms with Crippen molar-refractivity contribution in [2.75, 3.05) is 13.7 Å². The van der Waals surface area contributed by atoms with Gasteiger partial charge in [-0.05, 0) is 53.4 Å². The van der Waals surface area contributed by atoms with Crippen LogP contribution < -0.4 is 10.1 Å². The average Bonchev–Trinajstić information content (AvgIpc) is 3.16. The zero-order valence-electron chi connectivity index (χ0n) is 11.3. The Hall–Kier alpha value is -1.40. The lowest BCUT2D eigenvalue weighted by molar-refractivity contribution is 0.414. The molecule has 1 fully saturated rings. The third kappa shape index (κ3) is 3.19. The molecule has 0 bridgehead atoms. The molecule has 1 N–H and O–H groups in total. The van der Waals surface area contributed by atoms with Crippen LogP contribution in [0.15, 0.2) is 28.9 Å². The Kier molecular flexibility index (Phi) is 4.03. The van der Waals surface area contributed by atoms with Crippen LogP contribution in [0, 0.1) is 5.92 Å².